The predicted molar refractivity (Wildman–Crippen MR) is 69.0 cm³/mol. The number of ether oxygens (including phenoxy) is 1. The minimum Gasteiger partial charge on any atom is -0.393 e. The lowest BCUT2D eigenvalue weighted by molar-refractivity contribution is 0.0501. The molecule has 2 fully saturated rings. The van der Waals surface area contributed by atoms with E-state index in [1.165, 1.54) is 38.8 Å². The standard InChI is InChI=1S/C14H27NO2/c1-15(11-13-6-8-17-9-7-13)10-12-2-4-14(16)5-3-12/h12-14,16H,2-11H2,1H3. The fraction of sp³-hybridized carbons (Fsp3) is 1.00. The second-order valence-electron chi connectivity index (χ2n) is 5.95. The molecule has 3 nitrogen and oxygen atoms in total. The van der Waals surface area contributed by atoms with Crippen molar-refractivity contribution in [3.63, 3.8) is 0 Å². The zero-order valence-corrected chi connectivity index (χ0v) is 11.1. The second-order valence-corrected chi connectivity index (χ2v) is 5.95. The van der Waals surface area contributed by atoms with Crippen molar-refractivity contribution in [3.05, 3.63) is 0 Å². The summed E-state index contributed by atoms with van der Waals surface area (Å²) >= 11 is 0. The first-order chi connectivity index (χ1) is 8.24. The van der Waals surface area contributed by atoms with Gasteiger partial charge in [-0.25, -0.2) is 0 Å². The Kier molecular flexibility index (Phi) is 5.26. The average molecular weight is 241 g/mol. The first-order valence-corrected chi connectivity index (χ1v) is 7.18. The molecule has 1 aliphatic carbocycles. The van der Waals surface area contributed by atoms with Crippen molar-refractivity contribution in [3.8, 4) is 0 Å². The van der Waals surface area contributed by atoms with E-state index in [4.69, 9.17) is 4.74 Å². The molecule has 0 aromatic carbocycles. The Morgan fingerprint density at radius 2 is 1.47 bits per heavy atom. The van der Waals surface area contributed by atoms with Gasteiger partial charge in [0.25, 0.3) is 0 Å². The summed E-state index contributed by atoms with van der Waals surface area (Å²) in [5, 5.41) is 9.49. The summed E-state index contributed by atoms with van der Waals surface area (Å²) in [5.41, 5.74) is 0. The number of hydrogen-bond donors (Lipinski definition) is 1. The van der Waals surface area contributed by atoms with E-state index in [2.05, 4.69) is 11.9 Å². The van der Waals surface area contributed by atoms with Gasteiger partial charge in [0.2, 0.25) is 0 Å². The van der Waals surface area contributed by atoms with Crippen LogP contribution in [0.5, 0.6) is 0 Å². The molecule has 1 saturated carbocycles. The Balaban J connectivity index is 1.64. The number of aliphatic hydroxyl groups excluding tert-OH is 1. The summed E-state index contributed by atoms with van der Waals surface area (Å²) in [5.74, 6) is 1.64. The minimum absolute atomic E-state index is 0.0213. The fourth-order valence-electron chi connectivity index (χ4n) is 3.21. The molecule has 0 aromatic rings. The zero-order valence-electron chi connectivity index (χ0n) is 11.1. The van der Waals surface area contributed by atoms with Crippen molar-refractivity contribution in [1.82, 2.24) is 4.90 Å². The summed E-state index contributed by atoms with van der Waals surface area (Å²) in [7, 11) is 2.25. The monoisotopic (exact) mass is 241 g/mol. The Labute approximate surface area is 105 Å². The van der Waals surface area contributed by atoms with Gasteiger partial charge in [-0.05, 0) is 57.4 Å². The topological polar surface area (TPSA) is 32.7 Å². The Morgan fingerprint density at radius 3 is 2.06 bits per heavy atom. The van der Waals surface area contributed by atoms with Gasteiger partial charge in [0.1, 0.15) is 0 Å². The summed E-state index contributed by atoms with van der Waals surface area (Å²) in [6.07, 6.45) is 6.87. The molecule has 17 heavy (non-hydrogen) atoms. The third kappa shape index (κ3) is 4.57. The van der Waals surface area contributed by atoms with Crippen LogP contribution in [-0.2, 0) is 4.74 Å². The molecule has 2 aliphatic rings. The first-order valence-electron chi connectivity index (χ1n) is 7.18. The van der Waals surface area contributed by atoms with E-state index in [0.717, 1.165) is 37.9 Å². The molecule has 1 aliphatic heterocycles. The van der Waals surface area contributed by atoms with Crippen molar-refractivity contribution < 1.29 is 9.84 Å². The molecule has 1 N–H and O–H groups in total. The third-order valence-electron chi connectivity index (χ3n) is 4.30. The lowest BCUT2D eigenvalue weighted by Crippen LogP contribution is -2.34. The number of rotatable bonds is 4. The first kappa shape index (κ1) is 13.3. The molecule has 2 rings (SSSR count). The van der Waals surface area contributed by atoms with E-state index < -0.39 is 0 Å². The Morgan fingerprint density at radius 1 is 0.941 bits per heavy atom. The van der Waals surface area contributed by atoms with Gasteiger partial charge in [0.15, 0.2) is 0 Å². The van der Waals surface area contributed by atoms with Crippen LogP contribution < -0.4 is 0 Å². The average Bonchev–Trinajstić information content (AvgIpc) is 2.33. The summed E-state index contributed by atoms with van der Waals surface area (Å²) in [6.45, 7) is 4.34. The molecule has 1 saturated heterocycles. The molecule has 0 radical (unpaired) electrons. The van der Waals surface area contributed by atoms with Gasteiger partial charge in [-0.1, -0.05) is 0 Å². The van der Waals surface area contributed by atoms with Crippen LogP contribution in [0.4, 0.5) is 0 Å². The zero-order chi connectivity index (χ0) is 12.1. The summed E-state index contributed by atoms with van der Waals surface area (Å²) in [4.78, 5) is 2.50. The van der Waals surface area contributed by atoms with Crippen molar-refractivity contribution in [2.24, 2.45) is 11.8 Å². The van der Waals surface area contributed by atoms with E-state index in [1.807, 2.05) is 0 Å². The quantitative estimate of drug-likeness (QED) is 0.816. The molecule has 0 aromatic heterocycles. The van der Waals surface area contributed by atoms with Crippen LogP contribution in [0.25, 0.3) is 0 Å². The van der Waals surface area contributed by atoms with E-state index in [0.29, 0.717) is 0 Å². The van der Waals surface area contributed by atoms with Crippen LogP contribution >= 0.6 is 0 Å². The van der Waals surface area contributed by atoms with Crippen molar-refractivity contribution in [2.75, 3.05) is 33.4 Å². The molecule has 100 valence electrons. The van der Waals surface area contributed by atoms with Crippen LogP contribution in [0.1, 0.15) is 38.5 Å². The van der Waals surface area contributed by atoms with Crippen LogP contribution in [0.15, 0.2) is 0 Å². The smallest absolute Gasteiger partial charge is 0.0540 e. The molecule has 3 heteroatoms. The molecule has 1 heterocycles. The van der Waals surface area contributed by atoms with Gasteiger partial charge in [-0.2, -0.15) is 0 Å². The van der Waals surface area contributed by atoms with Crippen molar-refractivity contribution in [1.29, 1.82) is 0 Å². The Bertz CT molecular complexity index is 208. The Hall–Kier alpha value is -0.120. The minimum atomic E-state index is -0.0213. The van der Waals surface area contributed by atoms with Crippen LogP contribution in [-0.4, -0.2) is 49.5 Å². The highest BCUT2D eigenvalue weighted by atomic mass is 16.5. The molecule has 0 unspecified atom stereocenters. The van der Waals surface area contributed by atoms with E-state index >= 15 is 0 Å². The van der Waals surface area contributed by atoms with Crippen molar-refractivity contribution >= 4 is 0 Å². The lowest BCUT2D eigenvalue weighted by atomic mass is 9.87. The largest absolute Gasteiger partial charge is 0.393 e. The molecule has 0 spiro atoms. The molecular weight excluding hydrogens is 214 g/mol. The van der Waals surface area contributed by atoms with E-state index in [9.17, 15) is 5.11 Å². The summed E-state index contributed by atoms with van der Waals surface area (Å²) < 4.78 is 5.40. The third-order valence-corrected chi connectivity index (χ3v) is 4.30. The molecule has 0 bridgehead atoms. The van der Waals surface area contributed by atoms with Gasteiger partial charge < -0.3 is 14.7 Å². The van der Waals surface area contributed by atoms with Crippen LogP contribution in [0.3, 0.4) is 0 Å². The molecule has 0 atom stereocenters. The van der Waals surface area contributed by atoms with E-state index in [-0.39, 0.29) is 6.10 Å². The van der Waals surface area contributed by atoms with Crippen LogP contribution in [0.2, 0.25) is 0 Å². The maximum absolute atomic E-state index is 9.49. The van der Waals surface area contributed by atoms with Gasteiger partial charge in [0.05, 0.1) is 6.10 Å². The van der Waals surface area contributed by atoms with E-state index in [1.54, 1.807) is 0 Å². The predicted octanol–water partition coefficient (Wildman–Crippen LogP) is 1.90. The highest BCUT2D eigenvalue weighted by Crippen LogP contribution is 2.25. The number of nitrogens with zero attached hydrogens (tertiary/aromatic N) is 1. The maximum atomic E-state index is 9.49. The molecule has 0 amide bonds. The number of hydrogen-bond acceptors (Lipinski definition) is 3. The number of aliphatic hydroxyl groups is 1. The van der Waals surface area contributed by atoms with Gasteiger partial charge in [-0.3, -0.25) is 0 Å². The highest BCUT2D eigenvalue weighted by molar-refractivity contribution is 4.75. The van der Waals surface area contributed by atoms with Gasteiger partial charge >= 0.3 is 0 Å². The lowest BCUT2D eigenvalue weighted by Gasteiger charge is -2.32. The van der Waals surface area contributed by atoms with Gasteiger partial charge in [-0.15, -0.1) is 0 Å². The summed E-state index contributed by atoms with van der Waals surface area (Å²) in [6, 6.07) is 0. The molecular formula is C14H27NO2. The fourth-order valence-corrected chi connectivity index (χ4v) is 3.21. The highest BCUT2D eigenvalue weighted by Gasteiger charge is 2.22. The SMILES string of the molecule is CN(CC1CCOCC1)CC1CCC(O)CC1. The van der Waals surface area contributed by atoms with Crippen molar-refractivity contribution in [2.45, 2.75) is 44.6 Å². The second kappa shape index (κ2) is 6.72. The normalized spacial score (nSPS) is 31.9. The van der Waals surface area contributed by atoms with Gasteiger partial charge in [0, 0.05) is 26.3 Å². The van der Waals surface area contributed by atoms with Crippen LogP contribution in [0, 0.1) is 11.8 Å². The maximum Gasteiger partial charge on any atom is 0.0540 e.